The Kier molecular flexibility index (Phi) is 4.19. The zero-order valence-corrected chi connectivity index (χ0v) is 11.1. The van der Waals surface area contributed by atoms with Crippen LogP contribution in [0.4, 0.5) is 13.2 Å². The number of pyridine rings is 1. The predicted octanol–water partition coefficient (Wildman–Crippen LogP) is 2.20. The van der Waals surface area contributed by atoms with Gasteiger partial charge < -0.3 is 8.92 Å². The van der Waals surface area contributed by atoms with E-state index in [0.717, 1.165) is 6.20 Å². The van der Waals surface area contributed by atoms with Crippen LogP contribution in [0, 0.1) is 0 Å². The van der Waals surface area contributed by atoms with Crippen molar-refractivity contribution in [2.45, 2.75) is 24.3 Å². The molecular weight excluding hydrogens is 299 g/mol. The van der Waals surface area contributed by atoms with E-state index in [1.54, 1.807) is 0 Å². The number of alkyl halides is 3. The molecule has 2 rings (SSSR count). The summed E-state index contributed by atoms with van der Waals surface area (Å²) in [5, 5.41) is 0. The second-order valence-electron chi connectivity index (χ2n) is 4.32. The van der Waals surface area contributed by atoms with Crippen LogP contribution in [0.25, 0.3) is 0 Å². The minimum atomic E-state index is -5.66. The van der Waals surface area contributed by atoms with Crippen molar-refractivity contribution in [2.24, 2.45) is 0 Å². The molecule has 0 atom stereocenters. The van der Waals surface area contributed by atoms with Gasteiger partial charge in [0.05, 0.1) is 6.20 Å². The number of aromatic nitrogens is 1. The summed E-state index contributed by atoms with van der Waals surface area (Å²) < 4.78 is 67.7. The smallest absolute Gasteiger partial charge is 0.381 e. The zero-order chi connectivity index (χ0) is 14.8. The van der Waals surface area contributed by atoms with Crippen LogP contribution in [0.15, 0.2) is 18.5 Å². The van der Waals surface area contributed by atoms with Gasteiger partial charge >= 0.3 is 15.6 Å². The number of nitrogens with zero attached hydrogens (tertiary/aromatic N) is 1. The lowest BCUT2D eigenvalue weighted by Crippen LogP contribution is -2.28. The van der Waals surface area contributed by atoms with Crippen LogP contribution in [-0.2, 0) is 14.9 Å². The van der Waals surface area contributed by atoms with Crippen molar-refractivity contribution in [2.75, 3.05) is 13.2 Å². The molecule has 112 valence electrons. The van der Waals surface area contributed by atoms with Gasteiger partial charge in [-0.3, -0.25) is 4.98 Å². The third-order valence-corrected chi connectivity index (χ3v) is 3.90. The molecule has 20 heavy (non-hydrogen) atoms. The predicted molar refractivity (Wildman–Crippen MR) is 62.6 cm³/mol. The van der Waals surface area contributed by atoms with E-state index in [4.69, 9.17) is 4.74 Å². The summed E-state index contributed by atoms with van der Waals surface area (Å²) in [7, 11) is -5.66. The fourth-order valence-electron chi connectivity index (χ4n) is 1.91. The molecule has 1 fully saturated rings. The molecule has 1 aromatic heterocycles. The largest absolute Gasteiger partial charge is 0.534 e. The quantitative estimate of drug-likeness (QED) is 0.632. The van der Waals surface area contributed by atoms with Crippen molar-refractivity contribution in [1.29, 1.82) is 0 Å². The summed E-state index contributed by atoms with van der Waals surface area (Å²) in [6.07, 6.45) is 3.84. The summed E-state index contributed by atoms with van der Waals surface area (Å²) >= 11 is 0. The van der Waals surface area contributed by atoms with Gasteiger partial charge in [0, 0.05) is 19.4 Å². The molecule has 9 heteroatoms. The first-order chi connectivity index (χ1) is 9.29. The van der Waals surface area contributed by atoms with Gasteiger partial charge in [-0.15, -0.1) is 0 Å². The summed E-state index contributed by atoms with van der Waals surface area (Å²) in [5.74, 6) is -0.361. The molecule has 1 aliphatic rings. The zero-order valence-electron chi connectivity index (χ0n) is 10.3. The minimum Gasteiger partial charge on any atom is -0.381 e. The molecule has 0 aliphatic carbocycles. The monoisotopic (exact) mass is 311 g/mol. The minimum absolute atomic E-state index is 0.0772. The SMILES string of the molecule is O=S(=O)(Oc1cncc(C2CCOCC2)c1)C(F)(F)F. The molecule has 0 aromatic carbocycles. The summed E-state index contributed by atoms with van der Waals surface area (Å²) in [5.41, 5.74) is -4.81. The van der Waals surface area contributed by atoms with Crippen LogP contribution in [0.5, 0.6) is 5.75 Å². The topological polar surface area (TPSA) is 65.5 Å². The summed E-state index contributed by atoms with van der Waals surface area (Å²) in [6.45, 7) is 1.10. The van der Waals surface area contributed by atoms with Crippen molar-refractivity contribution < 1.29 is 30.5 Å². The highest BCUT2D eigenvalue weighted by molar-refractivity contribution is 7.87. The molecule has 0 bridgehead atoms. The van der Waals surface area contributed by atoms with E-state index in [1.807, 2.05) is 0 Å². The molecule has 0 amide bonds. The number of hydrogen-bond acceptors (Lipinski definition) is 5. The van der Waals surface area contributed by atoms with Crippen LogP contribution in [-0.4, -0.2) is 32.1 Å². The maximum absolute atomic E-state index is 12.2. The molecule has 5 nitrogen and oxygen atoms in total. The molecule has 1 aromatic rings. The molecule has 0 radical (unpaired) electrons. The molecule has 0 unspecified atom stereocenters. The second-order valence-corrected chi connectivity index (χ2v) is 5.86. The first-order valence-electron chi connectivity index (χ1n) is 5.83. The van der Waals surface area contributed by atoms with Gasteiger partial charge in [-0.2, -0.15) is 21.6 Å². The molecule has 1 aliphatic heterocycles. The second kappa shape index (κ2) is 5.57. The van der Waals surface area contributed by atoms with Gasteiger partial charge in [-0.05, 0) is 30.4 Å². The van der Waals surface area contributed by atoms with Crippen LogP contribution in [0.3, 0.4) is 0 Å². The average molecular weight is 311 g/mol. The molecule has 2 heterocycles. The fraction of sp³-hybridized carbons (Fsp3) is 0.545. The lowest BCUT2D eigenvalue weighted by Gasteiger charge is -2.22. The van der Waals surface area contributed by atoms with Crippen molar-refractivity contribution in [3.05, 3.63) is 24.0 Å². The van der Waals surface area contributed by atoms with E-state index in [2.05, 4.69) is 9.17 Å². The Hall–Kier alpha value is -1.35. The lowest BCUT2D eigenvalue weighted by atomic mass is 9.93. The van der Waals surface area contributed by atoms with Crippen LogP contribution in [0.2, 0.25) is 0 Å². The highest BCUT2D eigenvalue weighted by Gasteiger charge is 2.48. The van der Waals surface area contributed by atoms with Crippen molar-refractivity contribution >= 4 is 10.1 Å². The normalized spacial score (nSPS) is 17.9. The Labute approximate surface area is 113 Å². The van der Waals surface area contributed by atoms with Crippen LogP contribution >= 0.6 is 0 Å². The number of rotatable bonds is 3. The summed E-state index contributed by atoms with van der Waals surface area (Å²) in [6, 6.07) is 1.27. The number of halogens is 3. The van der Waals surface area contributed by atoms with E-state index < -0.39 is 21.4 Å². The van der Waals surface area contributed by atoms with Crippen LogP contribution < -0.4 is 4.18 Å². The third kappa shape index (κ3) is 3.40. The van der Waals surface area contributed by atoms with Gasteiger partial charge in [0.15, 0.2) is 5.75 Å². The number of ether oxygens (including phenoxy) is 1. The van der Waals surface area contributed by atoms with Gasteiger partial charge in [0.2, 0.25) is 0 Å². The molecule has 1 saturated heterocycles. The van der Waals surface area contributed by atoms with Crippen molar-refractivity contribution in [3.8, 4) is 5.75 Å². The lowest BCUT2D eigenvalue weighted by molar-refractivity contribution is -0.0500. The van der Waals surface area contributed by atoms with E-state index >= 15 is 0 Å². The Morgan fingerprint density at radius 3 is 2.50 bits per heavy atom. The first-order valence-corrected chi connectivity index (χ1v) is 7.24. The Morgan fingerprint density at radius 1 is 1.25 bits per heavy atom. The Morgan fingerprint density at radius 2 is 1.90 bits per heavy atom. The maximum atomic E-state index is 12.2. The standard InChI is InChI=1S/C11H12F3NO4S/c12-11(13,14)20(16,17)19-10-5-9(6-15-7-10)8-1-3-18-4-2-8/h5-8H,1-4H2. The molecule has 0 N–H and O–H groups in total. The Balaban J connectivity index is 2.18. The molecular formula is C11H12F3NO4S. The van der Waals surface area contributed by atoms with E-state index in [9.17, 15) is 21.6 Å². The van der Waals surface area contributed by atoms with Crippen LogP contribution in [0.1, 0.15) is 24.3 Å². The van der Waals surface area contributed by atoms with Gasteiger partial charge in [0.1, 0.15) is 0 Å². The number of hydrogen-bond donors (Lipinski definition) is 0. The van der Waals surface area contributed by atoms with E-state index in [1.165, 1.54) is 12.3 Å². The third-order valence-electron chi connectivity index (χ3n) is 2.92. The molecule has 0 saturated carbocycles. The fourth-order valence-corrected chi connectivity index (χ4v) is 2.35. The van der Waals surface area contributed by atoms with Crippen molar-refractivity contribution in [3.63, 3.8) is 0 Å². The van der Waals surface area contributed by atoms with E-state index in [0.29, 0.717) is 31.6 Å². The van der Waals surface area contributed by atoms with Crippen molar-refractivity contribution in [1.82, 2.24) is 4.98 Å². The highest BCUT2D eigenvalue weighted by atomic mass is 32.2. The van der Waals surface area contributed by atoms with Gasteiger partial charge in [-0.25, -0.2) is 0 Å². The highest BCUT2D eigenvalue weighted by Crippen LogP contribution is 2.31. The molecule has 0 spiro atoms. The average Bonchev–Trinajstić information content (AvgIpc) is 2.38. The van der Waals surface area contributed by atoms with Gasteiger partial charge in [0.25, 0.3) is 0 Å². The first kappa shape index (κ1) is 15.0. The van der Waals surface area contributed by atoms with E-state index in [-0.39, 0.29) is 5.92 Å². The summed E-state index contributed by atoms with van der Waals surface area (Å²) in [4.78, 5) is 3.73. The maximum Gasteiger partial charge on any atom is 0.534 e. The van der Waals surface area contributed by atoms with Gasteiger partial charge in [-0.1, -0.05) is 0 Å². The Bertz CT molecular complexity index is 567.